The molecule has 2 rings (SSSR count). The molecule has 9 N–H and O–H groups in total. The number of ether oxygens (including phenoxy) is 4. The topological polar surface area (TPSA) is 228 Å². The SMILES string of the molecule is CC/C=C\C/C=C\C/C=C\C/C=C\CCCCCCCCCCCCCCCCCCCCC(=O)NC(COC1OC(CO)C(OC2OC(CO)C(O)C(O)C2O)C(O)C1O)C(O)/C=C/CC/C=C/CCCCC. The van der Waals surface area contributed by atoms with E-state index in [4.69, 9.17) is 18.9 Å². The standard InChI is InChI=1S/C60H105NO13/c1-3-5-7-9-11-13-14-15-16-17-18-19-20-21-22-23-24-25-26-27-28-29-30-31-32-33-34-36-38-40-42-44-52(65)61-48(49(64)43-41-39-37-35-12-10-8-6-4-2)47-71-59-57(70)55(68)58(51(46-63)73-59)74-60-56(69)54(67)53(66)50(45-62)72-60/h5,7,11-13,15-16,18-19,35,41,43,48-51,53-60,62-64,66-70H,3-4,6,8-10,14,17,20-34,36-40,42,44-47H2,1-2H3,(H,61,65)/b7-5-,13-11-,16-15-,19-18-,35-12+,43-41+. The lowest BCUT2D eigenvalue weighted by molar-refractivity contribution is -0.359. The number of hydrogen-bond donors (Lipinski definition) is 9. The summed E-state index contributed by atoms with van der Waals surface area (Å²) in [6.07, 6.45) is 42.7. The number of carbonyl (C=O) groups excluding carboxylic acids is 1. The van der Waals surface area contributed by atoms with E-state index in [0.29, 0.717) is 12.8 Å². The minimum Gasteiger partial charge on any atom is -0.394 e. The van der Waals surface area contributed by atoms with Crippen molar-refractivity contribution in [3.05, 3.63) is 72.9 Å². The first-order valence-corrected chi connectivity index (χ1v) is 29.2. The van der Waals surface area contributed by atoms with Crippen LogP contribution in [0.25, 0.3) is 0 Å². The van der Waals surface area contributed by atoms with E-state index in [1.165, 1.54) is 109 Å². The van der Waals surface area contributed by atoms with Gasteiger partial charge in [0.15, 0.2) is 12.6 Å². The van der Waals surface area contributed by atoms with E-state index in [-0.39, 0.29) is 18.9 Å². The van der Waals surface area contributed by atoms with Crippen LogP contribution >= 0.6 is 0 Å². The Morgan fingerprint density at radius 1 is 0.500 bits per heavy atom. The number of carbonyl (C=O) groups is 1. The highest BCUT2D eigenvalue weighted by atomic mass is 16.7. The van der Waals surface area contributed by atoms with Crippen LogP contribution in [0.5, 0.6) is 0 Å². The van der Waals surface area contributed by atoms with Gasteiger partial charge in [-0.15, -0.1) is 0 Å². The average Bonchev–Trinajstić information content (AvgIpc) is 3.40. The van der Waals surface area contributed by atoms with Crippen molar-refractivity contribution < 1.29 is 64.6 Å². The molecule has 2 fully saturated rings. The number of aliphatic hydroxyl groups excluding tert-OH is 8. The molecule has 74 heavy (non-hydrogen) atoms. The van der Waals surface area contributed by atoms with E-state index in [1.807, 2.05) is 6.08 Å². The molecule has 12 atom stereocenters. The van der Waals surface area contributed by atoms with Gasteiger partial charge in [0.05, 0.1) is 32.0 Å². The molecular formula is C60H105NO13. The summed E-state index contributed by atoms with van der Waals surface area (Å²) >= 11 is 0. The minimum absolute atomic E-state index is 0.253. The summed E-state index contributed by atoms with van der Waals surface area (Å²) in [7, 11) is 0. The molecule has 2 heterocycles. The Bertz CT molecular complexity index is 1520. The Labute approximate surface area is 447 Å². The maximum absolute atomic E-state index is 13.2. The minimum atomic E-state index is -1.79. The number of hydrogen-bond acceptors (Lipinski definition) is 13. The maximum atomic E-state index is 13.2. The van der Waals surface area contributed by atoms with Crippen molar-refractivity contribution in [3.63, 3.8) is 0 Å². The van der Waals surface area contributed by atoms with Gasteiger partial charge >= 0.3 is 0 Å². The van der Waals surface area contributed by atoms with Crippen LogP contribution in [-0.4, -0.2) is 140 Å². The number of aliphatic hydroxyl groups is 8. The Balaban J connectivity index is 1.63. The lowest BCUT2D eigenvalue weighted by Crippen LogP contribution is -2.65. The summed E-state index contributed by atoms with van der Waals surface area (Å²) in [5, 5.41) is 86.7. The van der Waals surface area contributed by atoms with E-state index in [0.717, 1.165) is 64.2 Å². The second kappa shape index (κ2) is 45.4. The van der Waals surface area contributed by atoms with E-state index < -0.39 is 86.8 Å². The molecule has 0 aromatic rings. The first-order chi connectivity index (χ1) is 36.1. The average molecular weight is 1050 g/mol. The third-order valence-corrected chi connectivity index (χ3v) is 13.9. The monoisotopic (exact) mass is 1050 g/mol. The largest absolute Gasteiger partial charge is 0.394 e. The quantitative estimate of drug-likeness (QED) is 0.0205. The van der Waals surface area contributed by atoms with Gasteiger partial charge in [-0.05, 0) is 70.6 Å². The van der Waals surface area contributed by atoms with Crippen molar-refractivity contribution in [1.29, 1.82) is 0 Å². The Morgan fingerprint density at radius 3 is 1.49 bits per heavy atom. The van der Waals surface area contributed by atoms with E-state index >= 15 is 0 Å². The molecule has 0 saturated carbocycles. The molecule has 428 valence electrons. The third kappa shape index (κ3) is 31.0. The van der Waals surface area contributed by atoms with Gasteiger partial charge in [0, 0.05) is 6.42 Å². The lowest BCUT2D eigenvalue weighted by atomic mass is 9.97. The molecule has 0 aromatic heterocycles. The van der Waals surface area contributed by atoms with E-state index in [1.54, 1.807) is 6.08 Å². The van der Waals surface area contributed by atoms with Crippen LogP contribution in [0.1, 0.15) is 206 Å². The molecule has 14 heteroatoms. The predicted molar refractivity (Wildman–Crippen MR) is 295 cm³/mol. The summed E-state index contributed by atoms with van der Waals surface area (Å²) in [4.78, 5) is 13.2. The van der Waals surface area contributed by atoms with Crippen molar-refractivity contribution in [2.75, 3.05) is 19.8 Å². The van der Waals surface area contributed by atoms with Crippen LogP contribution in [0.2, 0.25) is 0 Å². The normalized spacial score (nSPS) is 25.8. The smallest absolute Gasteiger partial charge is 0.220 e. The van der Waals surface area contributed by atoms with Crippen molar-refractivity contribution in [2.45, 2.75) is 280 Å². The fourth-order valence-electron chi connectivity index (χ4n) is 9.18. The number of amides is 1. The molecule has 0 bridgehead atoms. The zero-order valence-corrected chi connectivity index (χ0v) is 45.8. The first kappa shape index (κ1) is 67.5. The van der Waals surface area contributed by atoms with Gasteiger partial charge < -0.3 is 65.1 Å². The molecule has 0 aromatic carbocycles. The Hall–Kier alpha value is -2.57. The lowest BCUT2D eigenvalue weighted by Gasteiger charge is -2.46. The van der Waals surface area contributed by atoms with Crippen LogP contribution in [0.15, 0.2) is 72.9 Å². The molecule has 0 spiro atoms. The zero-order valence-electron chi connectivity index (χ0n) is 45.8. The highest BCUT2D eigenvalue weighted by Gasteiger charge is 2.51. The molecule has 14 nitrogen and oxygen atoms in total. The molecule has 0 aliphatic carbocycles. The molecule has 2 aliphatic rings. The molecule has 2 aliphatic heterocycles. The zero-order chi connectivity index (χ0) is 53.9. The van der Waals surface area contributed by atoms with Crippen LogP contribution in [0, 0.1) is 0 Å². The second-order valence-corrected chi connectivity index (χ2v) is 20.4. The summed E-state index contributed by atoms with van der Waals surface area (Å²) in [6, 6.07) is -0.931. The predicted octanol–water partition coefficient (Wildman–Crippen LogP) is 9.55. The van der Waals surface area contributed by atoms with Crippen LogP contribution in [-0.2, 0) is 23.7 Å². The summed E-state index contributed by atoms with van der Waals surface area (Å²) in [5.41, 5.74) is 0. The van der Waals surface area contributed by atoms with Gasteiger partial charge in [-0.1, -0.05) is 202 Å². The first-order valence-electron chi connectivity index (χ1n) is 29.2. The molecular weight excluding hydrogens is 943 g/mol. The van der Waals surface area contributed by atoms with Gasteiger partial charge in [0.1, 0.15) is 48.8 Å². The van der Waals surface area contributed by atoms with Crippen molar-refractivity contribution in [1.82, 2.24) is 5.32 Å². The molecule has 0 radical (unpaired) electrons. The van der Waals surface area contributed by atoms with Crippen molar-refractivity contribution in [2.24, 2.45) is 0 Å². The van der Waals surface area contributed by atoms with Crippen LogP contribution in [0.3, 0.4) is 0 Å². The second-order valence-electron chi connectivity index (χ2n) is 20.4. The van der Waals surface area contributed by atoms with Crippen molar-refractivity contribution >= 4 is 5.91 Å². The summed E-state index contributed by atoms with van der Waals surface area (Å²) in [5.74, 6) is -0.253. The summed E-state index contributed by atoms with van der Waals surface area (Å²) < 4.78 is 22.7. The number of rotatable bonds is 45. The van der Waals surface area contributed by atoms with Crippen LogP contribution in [0.4, 0.5) is 0 Å². The number of nitrogens with one attached hydrogen (secondary N) is 1. The van der Waals surface area contributed by atoms with Gasteiger partial charge in [0.25, 0.3) is 0 Å². The van der Waals surface area contributed by atoms with E-state index in [2.05, 4.69) is 79.9 Å². The Morgan fingerprint density at radius 2 is 0.946 bits per heavy atom. The number of allylic oxidation sites excluding steroid dienone is 11. The highest BCUT2D eigenvalue weighted by molar-refractivity contribution is 5.76. The highest BCUT2D eigenvalue weighted by Crippen LogP contribution is 2.30. The third-order valence-electron chi connectivity index (χ3n) is 13.9. The molecule has 2 saturated heterocycles. The maximum Gasteiger partial charge on any atom is 0.220 e. The van der Waals surface area contributed by atoms with Gasteiger partial charge in [-0.3, -0.25) is 4.79 Å². The van der Waals surface area contributed by atoms with Gasteiger partial charge in [-0.2, -0.15) is 0 Å². The van der Waals surface area contributed by atoms with E-state index in [9.17, 15) is 45.6 Å². The fourth-order valence-corrected chi connectivity index (χ4v) is 9.18. The van der Waals surface area contributed by atoms with Crippen LogP contribution < -0.4 is 5.32 Å². The fraction of sp³-hybridized carbons (Fsp3) is 0.783. The number of unbranched alkanes of at least 4 members (excludes halogenated alkanes) is 22. The van der Waals surface area contributed by atoms with Gasteiger partial charge in [-0.25, -0.2) is 0 Å². The van der Waals surface area contributed by atoms with Crippen molar-refractivity contribution in [3.8, 4) is 0 Å². The summed E-state index contributed by atoms with van der Waals surface area (Å²) in [6.45, 7) is 2.60. The van der Waals surface area contributed by atoms with Gasteiger partial charge in [0.2, 0.25) is 5.91 Å². The Kier molecular flexibility index (Phi) is 41.5. The molecule has 1 amide bonds. The molecule has 12 unspecified atom stereocenters.